The van der Waals surface area contributed by atoms with E-state index in [9.17, 15) is 9.18 Å². The lowest BCUT2D eigenvalue weighted by Gasteiger charge is -2.19. The minimum Gasteiger partial charge on any atom is -0.443 e. The van der Waals surface area contributed by atoms with Crippen LogP contribution in [-0.4, -0.2) is 16.3 Å². The van der Waals surface area contributed by atoms with Gasteiger partial charge >= 0.3 is 6.09 Å². The van der Waals surface area contributed by atoms with E-state index in [2.05, 4.69) is 0 Å². The fourth-order valence-electron chi connectivity index (χ4n) is 1.68. The molecule has 2 N–H and O–H groups in total. The molecule has 4 nitrogen and oxygen atoms in total. The average Bonchev–Trinajstić information content (AvgIpc) is 2.65. The maximum absolute atomic E-state index is 13.3. The lowest BCUT2D eigenvalue weighted by atomic mass is 10.2. The minimum atomic E-state index is -0.584. The largest absolute Gasteiger partial charge is 0.443 e. The van der Waals surface area contributed by atoms with Crippen molar-refractivity contribution >= 4 is 22.7 Å². The van der Waals surface area contributed by atoms with Crippen LogP contribution < -0.4 is 5.73 Å². The molecular formula is C13H15FN2O2. The van der Waals surface area contributed by atoms with Crippen LogP contribution in [0.5, 0.6) is 0 Å². The van der Waals surface area contributed by atoms with Gasteiger partial charge in [-0.2, -0.15) is 0 Å². The molecule has 0 spiro atoms. The van der Waals surface area contributed by atoms with Crippen LogP contribution in [0.3, 0.4) is 0 Å². The van der Waals surface area contributed by atoms with E-state index in [-0.39, 0.29) is 5.69 Å². The third kappa shape index (κ3) is 2.16. The Balaban J connectivity index is 2.48. The lowest BCUT2D eigenvalue weighted by Crippen LogP contribution is -2.26. The molecular weight excluding hydrogens is 235 g/mol. The summed E-state index contributed by atoms with van der Waals surface area (Å²) in [5.74, 6) is -0.496. The molecule has 0 saturated carbocycles. The van der Waals surface area contributed by atoms with Gasteiger partial charge in [0.1, 0.15) is 11.4 Å². The highest BCUT2D eigenvalue weighted by atomic mass is 19.1. The van der Waals surface area contributed by atoms with Crippen LogP contribution in [-0.2, 0) is 4.74 Å². The summed E-state index contributed by atoms with van der Waals surface area (Å²) in [6.45, 7) is 5.35. The molecule has 96 valence electrons. The minimum absolute atomic E-state index is 0.0369. The second kappa shape index (κ2) is 4.01. The first-order valence-electron chi connectivity index (χ1n) is 5.58. The van der Waals surface area contributed by atoms with E-state index in [1.54, 1.807) is 26.8 Å². The summed E-state index contributed by atoms with van der Waals surface area (Å²) in [5.41, 5.74) is 5.60. The van der Waals surface area contributed by atoms with Crippen LogP contribution in [0.4, 0.5) is 14.9 Å². The van der Waals surface area contributed by atoms with E-state index >= 15 is 0 Å². The number of nitrogen functional groups attached to an aromatic ring is 1. The zero-order valence-corrected chi connectivity index (χ0v) is 10.5. The summed E-state index contributed by atoms with van der Waals surface area (Å²) in [6.07, 6.45) is 1.01. The summed E-state index contributed by atoms with van der Waals surface area (Å²) in [6, 6.07) is 4.33. The lowest BCUT2D eigenvalue weighted by molar-refractivity contribution is 0.0544. The standard InChI is InChI=1S/C13H15FN2O2/c1-13(2,3)18-12(17)16-7-6-8-10(16)5-4-9(14)11(8)15/h4-7H,15H2,1-3H3. The Bertz CT molecular complexity index is 611. The first-order valence-corrected chi connectivity index (χ1v) is 5.58. The fraction of sp³-hybridized carbons (Fsp3) is 0.308. The Labute approximate surface area is 104 Å². The topological polar surface area (TPSA) is 57.2 Å². The smallest absolute Gasteiger partial charge is 0.418 e. The Kier molecular flexibility index (Phi) is 2.77. The maximum Gasteiger partial charge on any atom is 0.418 e. The van der Waals surface area contributed by atoms with Crippen molar-refractivity contribution in [3.8, 4) is 0 Å². The van der Waals surface area contributed by atoms with Crippen LogP contribution in [0, 0.1) is 5.82 Å². The molecule has 0 aliphatic heterocycles. The van der Waals surface area contributed by atoms with Gasteiger partial charge in [0.25, 0.3) is 0 Å². The van der Waals surface area contributed by atoms with Gasteiger partial charge in [0.2, 0.25) is 0 Å². The third-order valence-corrected chi connectivity index (χ3v) is 2.45. The fourth-order valence-corrected chi connectivity index (χ4v) is 1.68. The molecule has 0 unspecified atom stereocenters. The van der Waals surface area contributed by atoms with Gasteiger partial charge in [-0.15, -0.1) is 0 Å². The molecule has 1 heterocycles. The highest BCUT2D eigenvalue weighted by molar-refractivity contribution is 5.96. The van der Waals surface area contributed by atoms with Crippen molar-refractivity contribution in [2.75, 3.05) is 5.73 Å². The van der Waals surface area contributed by atoms with Gasteiger partial charge < -0.3 is 10.5 Å². The van der Waals surface area contributed by atoms with Gasteiger partial charge in [-0.3, -0.25) is 4.57 Å². The van der Waals surface area contributed by atoms with E-state index in [4.69, 9.17) is 10.5 Å². The molecule has 0 bridgehead atoms. The highest BCUT2D eigenvalue weighted by Gasteiger charge is 2.19. The zero-order chi connectivity index (χ0) is 13.5. The van der Waals surface area contributed by atoms with Crippen molar-refractivity contribution in [3.63, 3.8) is 0 Å². The number of aromatic nitrogens is 1. The Hall–Kier alpha value is -2.04. The molecule has 18 heavy (non-hydrogen) atoms. The predicted octanol–water partition coefficient (Wildman–Crippen LogP) is 3.15. The quantitative estimate of drug-likeness (QED) is 0.731. The van der Waals surface area contributed by atoms with Gasteiger partial charge in [-0.25, -0.2) is 9.18 Å². The number of benzene rings is 1. The van der Waals surface area contributed by atoms with E-state index in [1.807, 2.05) is 0 Å². The van der Waals surface area contributed by atoms with Gasteiger partial charge in [0.15, 0.2) is 0 Å². The number of fused-ring (bicyclic) bond motifs is 1. The first-order chi connectivity index (χ1) is 8.29. The van der Waals surface area contributed by atoms with Crippen molar-refractivity contribution < 1.29 is 13.9 Å². The van der Waals surface area contributed by atoms with Crippen molar-refractivity contribution in [2.24, 2.45) is 0 Å². The monoisotopic (exact) mass is 250 g/mol. The third-order valence-electron chi connectivity index (χ3n) is 2.45. The summed E-state index contributed by atoms with van der Waals surface area (Å²) in [5, 5.41) is 0.501. The molecule has 0 aliphatic rings. The zero-order valence-electron chi connectivity index (χ0n) is 10.5. The molecule has 1 aromatic heterocycles. The highest BCUT2D eigenvalue weighted by Crippen LogP contribution is 2.25. The van der Waals surface area contributed by atoms with Crippen LogP contribution in [0.25, 0.3) is 10.9 Å². The molecule has 2 aromatic rings. The van der Waals surface area contributed by atoms with Crippen molar-refractivity contribution in [2.45, 2.75) is 26.4 Å². The van der Waals surface area contributed by atoms with Crippen LogP contribution >= 0.6 is 0 Å². The molecule has 0 amide bonds. The molecule has 0 aliphatic carbocycles. The van der Waals surface area contributed by atoms with E-state index < -0.39 is 17.5 Å². The number of halogens is 1. The Morgan fingerprint density at radius 2 is 2.00 bits per heavy atom. The predicted molar refractivity (Wildman–Crippen MR) is 67.9 cm³/mol. The van der Waals surface area contributed by atoms with Gasteiger partial charge in [-0.1, -0.05) is 0 Å². The molecule has 5 heteroatoms. The summed E-state index contributed by atoms with van der Waals surface area (Å²) in [4.78, 5) is 11.9. The number of hydrogen-bond acceptors (Lipinski definition) is 3. The normalized spacial score (nSPS) is 11.8. The number of anilines is 1. The summed E-state index contributed by atoms with van der Waals surface area (Å²) < 4.78 is 19.8. The van der Waals surface area contributed by atoms with E-state index in [0.717, 1.165) is 0 Å². The Morgan fingerprint density at radius 1 is 1.33 bits per heavy atom. The molecule has 2 rings (SSSR count). The average molecular weight is 250 g/mol. The number of carbonyl (C=O) groups excluding carboxylic acids is 1. The van der Waals surface area contributed by atoms with Gasteiger partial charge in [-0.05, 0) is 39.0 Å². The first kappa shape index (κ1) is 12.4. The SMILES string of the molecule is CC(C)(C)OC(=O)n1ccc2c(N)c(F)ccc21. The number of nitrogens with zero attached hydrogens (tertiary/aromatic N) is 1. The van der Waals surface area contributed by atoms with Gasteiger partial charge in [0.05, 0.1) is 11.2 Å². The van der Waals surface area contributed by atoms with E-state index in [1.165, 1.54) is 22.9 Å². The number of ether oxygens (including phenoxy) is 1. The second-order valence-electron chi connectivity index (χ2n) is 5.06. The van der Waals surface area contributed by atoms with E-state index in [0.29, 0.717) is 10.9 Å². The summed E-state index contributed by atoms with van der Waals surface area (Å²) >= 11 is 0. The van der Waals surface area contributed by atoms with Crippen molar-refractivity contribution in [1.82, 2.24) is 4.57 Å². The van der Waals surface area contributed by atoms with Crippen LogP contribution in [0.1, 0.15) is 20.8 Å². The van der Waals surface area contributed by atoms with Gasteiger partial charge in [0, 0.05) is 11.6 Å². The molecule has 1 aromatic carbocycles. The van der Waals surface area contributed by atoms with Crippen molar-refractivity contribution in [1.29, 1.82) is 0 Å². The molecule has 0 atom stereocenters. The molecule has 0 fully saturated rings. The maximum atomic E-state index is 13.3. The number of nitrogens with two attached hydrogens (primary N) is 1. The second-order valence-corrected chi connectivity index (χ2v) is 5.06. The summed E-state index contributed by atoms with van der Waals surface area (Å²) in [7, 11) is 0. The molecule has 0 saturated heterocycles. The number of carbonyl (C=O) groups is 1. The Morgan fingerprint density at radius 3 is 2.61 bits per heavy atom. The van der Waals surface area contributed by atoms with Crippen LogP contribution in [0.2, 0.25) is 0 Å². The number of rotatable bonds is 0. The number of hydrogen-bond donors (Lipinski definition) is 1. The molecule has 0 radical (unpaired) electrons. The van der Waals surface area contributed by atoms with Crippen molar-refractivity contribution in [3.05, 3.63) is 30.2 Å². The van der Waals surface area contributed by atoms with Crippen LogP contribution in [0.15, 0.2) is 24.4 Å².